The summed E-state index contributed by atoms with van der Waals surface area (Å²) < 4.78 is 0. The van der Waals surface area contributed by atoms with Crippen molar-refractivity contribution in [2.45, 2.75) is 0 Å². The molecule has 12 aromatic rings. The van der Waals surface area contributed by atoms with E-state index < -0.39 is 0 Å². The summed E-state index contributed by atoms with van der Waals surface area (Å²) in [5, 5.41) is 13.1. The molecule has 5 aliphatic heterocycles. The molecule has 0 atom stereocenters. The SMILES string of the molecule is C1=CC(c2ccc(-c3ccc(C4=C5C=CC(=[NH+]5)C(c5ccc(-c6ccc(-c7cccs7)s6)s5)=c5ccc([nH]5)=C(c5ccc(-c6ccc(-c7cccs7)s6)s5)C5=NC(=C(c6ccc(-c7ccc(-c8cccs8)s7)s6)C6=CC=C4[NH2+]6)C=C5)s3)s2)=S=C1. The number of hydrogen-bond acceptors (Lipinski definition) is 12. The summed E-state index contributed by atoms with van der Waals surface area (Å²) in [5.41, 5.74) is 10.8. The molecule has 0 saturated carbocycles. The molecule has 0 radical (unpaired) electrons. The zero-order chi connectivity index (χ0) is 55.2. The number of aromatic amines is 1. The maximum Gasteiger partial charge on any atom is 0.219 e. The number of nitrogens with two attached hydrogens (primary N) is 1. The zero-order valence-corrected chi connectivity index (χ0v) is 53.5. The lowest BCUT2D eigenvalue weighted by Gasteiger charge is -2.10. The number of thiophene rings is 11. The molecule has 4 nitrogen and oxygen atoms in total. The Balaban J connectivity index is 0.861. The number of fused-ring (bicyclic) bond motifs is 6. The lowest BCUT2D eigenvalue weighted by Crippen LogP contribution is -2.79. The number of aromatic nitrogens is 1. The summed E-state index contributed by atoms with van der Waals surface area (Å²) in [7, 11) is 1.79. The first-order valence-electron chi connectivity index (χ1n) is 26.8. The molecule has 0 aromatic carbocycles. The number of quaternary nitrogens is 1. The lowest BCUT2D eigenvalue weighted by molar-refractivity contribution is -0.537. The molecule has 17 heterocycles. The Morgan fingerprint density at radius 2 is 0.774 bits per heavy atom. The van der Waals surface area contributed by atoms with E-state index in [0.717, 1.165) is 66.5 Å². The summed E-state index contributed by atoms with van der Waals surface area (Å²) in [6, 6.07) is 54.3. The molecular weight excluding hydrogens is 1260 g/mol. The van der Waals surface area contributed by atoms with Gasteiger partial charge in [0.15, 0.2) is 0 Å². The molecule has 4 N–H and O–H groups in total. The first-order valence-corrected chi connectivity index (χ1v) is 36.9. The van der Waals surface area contributed by atoms with Crippen LogP contribution in [-0.4, -0.2) is 26.6 Å². The first-order chi connectivity index (χ1) is 41.5. The van der Waals surface area contributed by atoms with E-state index in [1.165, 1.54) is 98.2 Å². The average Bonchev–Trinajstić information content (AvgIpc) is 4.23. The lowest BCUT2D eigenvalue weighted by atomic mass is 10.1. The number of nitrogens with zero attached hydrogens (tertiary/aromatic N) is 1. The number of nitrogens with one attached hydrogen (secondary N) is 2. The van der Waals surface area contributed by atoms with Crippen molar-refractivity contribution in [3.05, 3.63) is 268 Å². The Bertz CT molecular complexity index is 5130. The minimum Gasteiger partial charge on any atom is -0.354 e. The maximum atomic E-state index is 5.76. The summed E-state index contributed by atoms with van der Waals surface area (Å²) in [4.78, 5) is 39.1. The van der Waals surface area contributed by atoms with Crippen LogP contribution in [-0.2, 0) is 0 Å². The standard InChI is InChI=1S/C68H38N4S12/c1-5-45(73-33-1)49-17-21-53(77-49)57-25-29-61(81-57)65-37-9-11-39(69-37)66(62-30-26-58(82-62)54-22-18-50(78-54)46-6-2-34-74-46)41-13-15-43(71-41)68(64-32-28-60(84-64)56-24-20-52(80-56)48-8-4-36-76-48)44-16-14-42(72-44)67(40-12-10-38(65)70-40)63-31-27-59(83-63)55-23-19-51(79-55)47-7-3-35-75-47/h1-36,69,72H/p+2. The Morgan fingerprint density at radius 3 is 1.26 bits per heavy atom. The van der Waals surface area contributed by atoms with E-state index in [0.29, 0.717) is 0 Å². The zero-order valence-electron chi connectivity index (χ0n) is 43.7. The minimum absolute atomic E-state index is 0.930. The second-order valence-corrected chi connectivity index (χ2v) is 32.4. The van der Waals surface area contributed by atoms with Gasteiger partial charge in [-0.3, -0.25) is 5.32 Å². The van der Waals surface area contributed by atoms with E-state index in [9.17, 15) is 0 Å². The highest BCUT2D eigenvalue weighted by Gasteiger charge is 2.34. The van der Waals surface area contributed by atoms with Crippen molar-refractivity contribution >= 4 is 180 Å². The molecule has 0 aliphatic carbocycles. The Hall–Kier alpha value is -6.84. The van der Waals surface area contributed by atoms with Crippen molar-refractivity contribution in [2.75, 3.05) is 0 Å². The highest BCUT2D eigenvalue weighted by Crippen LogP contribution is 2.46. The van der Waals surface area contributed by atoms with Crippen LogP contribution in [0.5, 0.6) is 0 Å². The summed E-state index contributed by atoms with van der Waals surface area (Å²) in [6.45, 7) is 0. The van der Waals surface area contributed by atoms with Crippen LogP contribution in [0.1, 0.15) is 24.4 Å². The van der Waals surface area contributed by atoms with Gasteiger partial charge in [0, 0.05) is 133 Å². The van der Waals surface area contributed by atoms with E-state index in [4.69, 9.17) is 4.99 Å². The van der Waals surface area contributed by atoms with Gasteiger partial charge in [-0.15, -0.1) is 136 Å². The smallest absolute Gasteiger partial charge is 0.219 e. The summed E-state index contributed by atoms with van der Waals surface area (Å²) in [6.07, 6.45) is 18.1. The van der Waals surface area contributed by atoms with Gasteiger partial charge in [0.25, 0.3) is 0 Å². The van der Waals surface area contributed by atoms with Crippen molar-refractivity contribution in [3.8, 4) is 68.3 Å². The van der Waals surface area contributed by atoms with Crippen LogP contribution in [0.2, 0.25) is 0 Å². The van der Waals surface area contributed by atoms with Crippen molar-refractivity contribution < 1.29 is 10.3 Å². The number of rotatable bonds is 12. The van der Waals surface area contributed by atoms with E-state index in [2.05, 4.69) is 231 Å². The quantitative estimate of drug-likeness (QED) is 0.102. The molecule has 12 aromatic heterocycles. The van der Waals surface area contributed by atoms with Gasteiger partial charge in [-0.2, -0.15) is 0 Å². The molecule has 0 amide bonds. The highest BCUT2D eigenvalue weighted by atomic mass is 32.1. The largest absolute Gasteiger partial charge is 0.354 e. The second-order valence-electron chi connectivity index (χ2n) is 19.9. The fourth-order valence-electron chi connectivity index (χ4n) is 10.9. The monoisotopic (exact) mass is 1300 g/mol. The summed E-state index contributed by atoms with van der Waals surface area (Å²) in [5.74, 6) is 0. The van der Waals surface area contributed by atoms with Crippen LogP contribution in [0.3, 0.4) is 0 Å². The van der Waals surface area contributed by atoms with Crippen LogP contribution < -0.4 is 21.0 Å². The van der Waals surface area contributed by atoms with Crippen LogP contribution in [0, 0.1) is 0 Å². The van der Waals surface area contributed by atoms with Gasteiger partial charge < -0.3 is 4.98 Å². The van der Waals surface area contributed by atoms with Crippen LogP contribution in [0.15, 0.2) is 238 Å². The predicted molar refractivity (Wildman–Crippen MR) is 376 cm³/mol. The normalized spacial score (nSPS) is 15.5. The molecule has 0 unspecified atom stereocenters. The second kappa shape index (κ2) is 21.6. The molecule has 84 heavy (non-hydrogen) atoms. The van der Waals surface area contributed by atoms with Gasteiger partial charge in [0.05, 0.1) is 27.9 Å². The third-order valence-electron chi connectivity index (χ3n) is 14.8. The molecule has 0 fully saturated rings. The van der Waals surface area contributed by atoms with Crippen LogP contribution in [0.25, 0.3) is 90.6 Å². The maximum absolute atomic E-state index is 5.76. The van der Waals surface area contributed by atoms with E-state index in [-0.39, 0.29) is 0 Å². The van der Waals surface area contributed by atoms with Gasteiger partial charge in [-0.25, -0.2) is 9.98 Å². The summed E-state index contributed by atoms with van der Waals surface area (Å²) >= 11 is 20.2. The van der Waals surface area contributed by atoms with Crippen LogP contribution in [0.4, 0.5) is 0 Å². The van der Waals surface area contributed by atoms with Crippen LogP contribution >= 0.6 is 136 Å². The number of H-pyrrole nitrogens is 1. The highest BCUT2D eigenvalue weighted by molar-refractivity contribution is 7.98. The first kappa shape index (κ1) is 51.6. The fourth-order valence-corrected chi connectivity index (χ4v) is 23.0. The van der Waals surface area contributed by atoms with Crippen molar-refractivity contribution in [2.24, 2.45) is 4.99 Å². The minimum atomic E-state index is 0.930. The molecule has 8 bridgehead atoms. The van der Waals surface area contributed by atoms with E-state index in [1.54, 1.807) is 45.0 Å². The average molecular weight is 1300 g/mol. The van der Waals surface area contributed by atoms with Gasteiger partial charge in [-0.05, 0) is 167 Å². The molecule has 0 spiro atoms. The molecule has 17 rings (SSSR count). The Labute approximate surface area is 530 Å². The van der Waals surface area contributed by atoms with Gasteiger partial charge in [0.2, 0.25) is 11.4 Å². The molecule has 402 valence electrons. The van der Waals surface area contributed by atoms with Crippen molar-refractivity contribution in [1.82, 2.24) is 4.98 Å². The van der Waals surface area contributed by atoms with E-state index >= 15 is 0 Å². The van der Waals surface area contributed by atoms with Gasteiger partial charge in [-0.1, -0.05) is 24.3 Å². The third kappa shape index (κ3) is 9.45. The molecule has 16 heteroatoms. The third-order valence-corrected chi connectivity index (χ3v) is 28.6. The number of hydrogen-bond donors (Lipinski definition) is 3. The fraction of sp³-hybridized carbons (Fsp3) is 0. The van der Waals surface area contributed by atoms with E-state index in [1.807, 2.05) is 90.7 Å². The Morgan fingerprint density at radius 1 is 0.357 bits per heavy atom. The molecular formula is C68H40N4S12+2. The van der Waals surface area contributed by atoms with Crippen molar-refractivity contribution in [1.29, 1.82) is 0 Å². The van der Waals surface area contributed by atoms with Gasteiger partial charge >= 0.3 is 0 Å². The topological polar surface area (TPSA) is 58.7 Å². The molecule has 5 aliphatic rings. The Kier molecular flexibility index (Phi) is 13.3. The number of allylic oxidation sites excluding steroid dienone is 10. The van der Waals surface area contributed by atoms with Gasteiger partial charge in [0.1, 0.15) is 17.0 Å². The predicted octanol–water partition coefficient (Wildman–Crippen LogP) is 17.7. The van der Waals surface area contributed by atoms with Crippen molar-refractivity contribution in [3.63, 3.8) is 0 Å². The molecule has 0 saturated heterocycles. The number of aliphatic imine (C=N–C) groups is 1.